The van der Waals surface area contributed by atoms with Crippen molar-refractivity contribution in [2.24, 2.45) is 5.92 Å². The molecule has 1 saturated heterocycles. The second-order valence-electron chi connectivity index (χ2n) is 6.92. The summed E-state index contributed by atoms with van der Waals surface area (Å²) in [6.45, 7) is 2.80. The molecule has 1 aliphatic heterocycles. The third-order valence-corrected chi connectivity index (χ3v) is 6.22. The van der Waals surface area contributed by atoms with E-state index in [0.29, 0.717) is 18.2 Å². The zero-order valence-electron chi connectivity index (χ0n) is 15.8. The number of likely N-dealkylation sites (tertiary alicyclic amines) is 1. The molecule has 1 atom stereocenters. The highest BCUT2D eigenvalue weighted by Gasteiger charge is 2.34. The molecule has 1 aliphatic rings. The van der Waals surface area contributed by atoms with E-state index >= 15 is 0 Å². The fourth-order valence-corrected chi connectivity index (χ4v) is 4.42. The predicted molar refractivity (Wildman–Crippen MR) is 116 cm³/mol. The molecular weight excluding hydrogens is 452 g/mol. The Morgan fingerprint density at radius 1 is 1.28 bits per heavy atom. The summed E-state index contributed by atoms with van der Waals surface area (Å²) in [5.74, 6) is -0.578. The van der Waals surface area contributed by atoms with Crippen LogP contribution in [0.5, 0.6) is 0 Å². The predicted octanol–water partition coefficient (Wildman–Crippen LogP) is 4.26. The molecule has 1 fully saturated rings. The van der Waals surface area contributed by atoms with Crippen LogP contribution >= 0.6 is 27.3 Å². The van der Waals surface area contributed by atoms with E-state index in [2.05, 4.69) is 31.2 Å². The quantitative estimate of drug-likeness (QED) is 0.604. The van der Waals surface area contributed by atoms with Crippen molar-refractivity contribution in [2.75, 3.05) is 11.9 Å². The SMILES string of the molecule is Cc1sc(NC(=O)C2CC(=O)N(Cc3ccccn3)C2)nc1-c1ccc(Br)cc1. The van der Waals surface area contributed by atoms with Crippen molar-refractivity contribution in [3.05, 3.63) is 63.7 Å². The third-order valence-electron chi connectivity index (χ3n) is 4.81. The summed E-state index contributed by atoms with van der Waals surface area (Å²) in [5.41, 5.74) is 2.67. The minimum Gasteiger partial charge on any atom is -0.336 e. The minimum atomic E-state index is -0.383. The van der Waals surface area contributed by atoms with Crippen LogP contribution < -0.4 is 5.32 Å². The molecular formula is C21H19BrN4O2S. The Hall–Kier alpha value is -2.58. The molecule has 1 unspecified atom stereocenters. The number of anilines is 1. The maximum atomic E-state index is 12.7. The second kappa shape index (κ2) is 8.42. The number of halogens is 1. The van der Waals surface area contributed by atoms with E-state index in [1.54, 1.807) is 11.1 Å². The van der Waals surface area contributed by atoms with Gasteiger partial charge in [0, 0.05) is 34.1 Å². The summed E-state index contributed by atoms with van der Waals surface area (Å²) >= 11 is 4.87. The van der Waals surface area contributed by atoms with Crippen LogP contribution in [0.1, 0.15) is 17.0 Å². The van der Waals surface area contributed by atoms with Gasteiger partial charge >= 0.3 is 0 Å². The summed E-state index contributed by atoms with van der Waals surface area (Å²) < 4.78 is 1.00. The van der Waals surface area contributed by atoms with Gasteiger partial charge in [-0.15, -0.1) is 11.3 Å². The van der Waals surface area contributed by atoms with Crippen molar-refractivity contribution in [1.82, 2.24) is 14.9 Å². The highest BCUT2D eigenvalue weighted by molar-refractivity contribution is 9.10. The van der Waals surface area contributed by atoms with Gasteiger partial charge in [-0.1, -0.05) is 34.1 Å². The first-order valence-corrected chi connectivity index (χ1v) is 10.8. The zero-order valence-corrected chi connectivity index (χ0v) is 18.2. The smallest absolute Gasteiger partial charge is 0.231 e. The van der Waals surface area contributed by atoms with Crippen molar-refractivity contribution in [2.45, 2.75) is 19.9 Å². The molecule has 1 N–H and O–H groups in total. The summed E-state index contributed by atoms with van der Waals surface area (Å²) in [4.78, 5) is 36.6. The highest BCUT2D eigenvalue weighted by atomic mass is 79.9. The largest absolute Gasteiger partial charge is 0.336 e. The maximum absolute atomic E-state index is 12.7. The number of carbonyl (C=O) groups is 2. The van der Waals surface area contributed by atoms with Crippen molar-refractivity contribution in [3.63, 3.8) is 0 Å². The molecule has 3 aromatic rings. The molecule has 29 heavy (non-hydrogen) atoms. The average Bonchev–Trinajstić information content (AvgIpc) is 3.26. The highest BCUT2D eigenvalue weighted by Crippen LogP contribution is 2.32. The van der Waals surface area contributed by atoms with Gasteiger partial charge < -0.3 is 10.2 Å². The molecule has 0 saturated carbocycles. The number of aryl methyl sites for hydroxylation is 1. The van der Waals surface area contributed by atoms with E-state index in [1.165, 1.54) is 11.3 Å². The van der Waals surface area contributed by atoms with Gasteiger partial charge in [0.2, 0.25) is 11.8 Å². The van der Waals surface area contributed by atoms with E-state index in [-0.39, 0.29) is 24.2 Å². The molecule has 0 spiro atoms. The number of nitrogens with zero attached hydrogens (tertiary/aromatic N) is 3. The van der Waals surface area contributed by atoms with Gasteiger partial charge in [0.05, 0.1) is 23.9 Å². The van der Waals surface area contributed by atoms with Crippen LogP contribution in [-0.4, -0.2) is 33.2 Å². The molecule has 4 rings (SSSR count). The van der Waals surface area contributed by atoms with Gasteiger partial charge in [-0.05, 0) is 31.2 Å². The fraction of sp³-hybridized carbons (Fsp3) is 0.238. The summed E-state index contributed by atoms with van der Waals surface area (Å²) in [5, 5.41) is 3.45. The Labute approximate surface area is 181 Å². The van der Waals surface area contributed by atoms with Crippen LogP contribution in [0.3, 0.4) is 0 Å². The van der Waals surface area contributed by atoms with Crippen LogP contribution in [-0.2, 0) is 16.1 Å². The number of amides is 2. The summed E-state index contributed by atoms with van der Waals surface area (Å²) in [6.07, 6.45) is 1.91. The number of thiazole rings is 1. The first kappa shape index (κ1) is 19.7. The van der Waals surface area contributed by atoms with E-state index in [1.807, 2.05) is 49.4 Å². The normalized spacial score (nSPS) is 16.3. The lowest BCUT2D eigenvalue weighted by atomic mass is 10.1. The number of hydrogen-bond acceptors (Lipinski definition) is 5. The van der Waals surface area contributed by atoms with E-state index < -0.39 is 0 Å². The molecule has 1 aromatic carbocycles. The Kier molecular flexibility index (Phi) is 5.73. The van der Waals surface area contributed by atoms with Gasteiger partial charge in [-0.2, -0.15) is 0 Å². The molecule has 2 aromatic heterocycles. The average molecular weight is 471 g/mol. The second-order valence-corrected chi connectivity index (χ2v) is 9.04. The zero-order chi connectivity index (χ0) is 20.4. The fourth-order valence-electron chi connectivity index (χ4n) is 3.32. The molecule has 8 heteroatoms. The monoisotopic (exact) mass is 470 g/mol. The van der Waals surface area contributed by atoms with E-state index in [0.717, 1.165) is 26.3 Å². The first-order valence-electron chi connectivity index (χ1n) is 9.21. The van der Waals surface area contributed by atoms with Crippen molar-refractivity contribution < 1.29 is 9.59 Å². The van der Waals surface area contributed by atoms with Crippen LogP contribution in [0, 0.1) is 12.8 Å². The number of hydrogen-bond donors (Lipinski definition) is 1. The van der Waals surface area contributed by atoms with Gasteiger partial charge in [0.25, 0.3) is 0 Å². The minimum absolute atomic E-state index is 0.0262. The number of aromatic nitrogens is 2. The number of nitrogens with one attached hydrogen (secondary N) is 1. The number of rotatable bonds is 5. The van der Waals surface area contributed by atoms with Crippen molar-refractivity contribution >= 4 is 44.2 Å². The molecule has 6 nitrogen and oxygen atoms in total. The van der Waals surface area contributed by atoms with Gasteiger partial charge in [-0.3, -0.25) is 14.6 Å². The van der Waals surface area contributed by atoms with E-state index in [9.17, 15) is 9.59 Å². The van der Waals surface area contributed by atoms with Crippen molar-refractivity contribution in [1.29, 1.82) is 0 Å². The lowest BCUT2D eigenvalue weighted by Crippen LogP contribution is -2.28. The Bertz CT molecular complexity index is 1040. The maximum Gasteiger partial charge on any atom is 0.231 e. The lowest BCUT2D eigenvalue weighted by molar-refractivity contribution is -0.128. The Morgan fingerprint density at radius 2 is 2.07 bits per heavy atom. The molecule has 0 aliphatic carbocycles. The van der Waals surface area contributed by atoms with Gasteiger partial charge in [0.15, 0.2) is 5.13 Å². The van der Waals surface area contributed by atoms with Crippen LogP contribution in [0.15, 0.2) is 53.1 Å². The van der Waals surface area contributed by atoms with Crippen molar-refractivity contribution in [3.8, 4) is 11.3 Å². The summed E-state index contributed by atoms with van der Waals surface area (Å²) in [7, 11) is 0. The molecule has 0 radical (unpaired) electrons. The number of pyridine rings is 1. The standard InChI is InChI=1S/C21H19BrN4O2S/c1-13-19(14-5-7-16(22)8-6-14)24-21(29-13)25-20(28)15-10-18(27)26(11-15)12-17-4-2-3-9-23-17/h2-9,15H,10-12H2,1H3,(H,24,25,28). The van der Waals surface area contributed by atoms with Crippen LogP contribution in [0.2, 0.25) is 0 Å². The van der Waals surface area contributed by atoms with Crippen LogP contribution in [0.25, 0.3) is 11.3 Å². The summed E-state index contributed by atoms with van der Waals surface area (Å²) in [6, 6.07) is 13.5. The third kappa shape index (κ3) is 4.54. The topological polar surface area (TPSA) is 75.2 Å². The Balaban J connectivity index is 1.41. The van der Waals surface area contributed by atoms with Gasteiger partial charge in [-0.25, -0.2) is 4.98 Å². The molecule has 3 heterocycles. The molecule has 0 bridgehead atoms. The Morgan fingerprint density at radius 3 is 2.79 bits per heavy atom. The number of carbonyl (C=O) groups excluding carboxylic acids is 2. The lowest BCUT2D eigenvalue weighted by Gasteiger charge is -2.15. The van der Waals surface area contributed by atoms with E-state index in [4.69, 9.17) is 0 Å². The van der Waals surface area contributed by atoms with Gasteiger partial charge in [0.1, 0.15) is 0 Å². The first-order chi connectivity index (χ1) is 14.0. The van der Waals surface area contributed by atoms with Crippen LogP contribution in [0.4, 0.5) is 5.13 Å². The molecule has 148 valence electrons. The molecule has 2 amide bonds. The number of benzene rings is 1.